The Morgan fingerprint density at radius 1 is 1.08 bits per heavy atom. The zero-order valence-corrected chi connectivity index (χ0v) is 13.9. The van der Waals surface area contributed by atoms with Crippen LogP contribution in [0.3, 0.4) is 0 Å². The van der Waals surface area contributed by atoms with Crippen molar-refractivity contribution in [2.45, 2.75) is 44.9 Å². The fraction of sp³-hybridized carbons (Fsp3) is 0.526. The van der Waals surface area contributed by atoms with Crippen molar-refractivity contribution in [3.63, 3.8) is 0 Å². The molecule has 1 aromatic carbocycles. The summed E-state index contributed by atoms with van der Waals surface area (Å²) in [6.07, 6.45) is 7.69. The molecule has 0 bridgehead atoms. The van der Waals surface area contributed by atoms with E-state index in [2.05, 4.69) is 5.32 Å². The third-order valence-corrected chi connectivity index (χ3v) is 5.03. The summed E-state index contributed by atoms with van der Waals surface area (Å²) < 4.78 is 0. The normalized spacial score (nSPS) is 17.4. The number of fused-ring (bicyclic) bond motifs is 1. The van der Waals surface area contributed by atoms with E-state index in [1.54, 1.807) is 24.3 Å². The molecule has 128 valence electrons. The zero-order chi connectivity index (χ0) is 16.9. The summed E-state index contributed by atoms with van der Waals surface area (Å²) in [6, 6.07) is 6.78. The molecule has 1 aliphatic heterocycles. The van der Waals surface area contributed by atoms with Gasteiger partial charge in [-0.3, -0.25) is 19.3 Å². The standard InChI is InChI=1S/C19H24N2O3/c22-17(20-12-5-8-14-6-1-2-7-14)11-13-21-18(23)15-9-3-4-10-16(15)19(21)24/h3-4,9-10,14H,1-2,5-8,11-13H2,(H,20,22). The van der Waals surface area contributed by atoms with Crippen LogP contribution in [0.25, 0.3) is 0 Å². The van der Waals surface area contributed by atoms with Crippen LogP contribution in [0.1, 0.15) is 65.7 Å². The van der Waals surface area contributed by atoms with Crippen molar-refractivity contribution >= 4 is 17.7 Å². The van der Waals surface area contributed by atoms with Gasteiger partial charge in [-0.15, -0.1) is 0 Å². The molecule has 0 aromatic heterocycles. The first-order chi connectivity index (χ1) is 11.7. The van der Waals surface area contributed by atoms with E-state index in [4.69, 9.17) is 0 Å². The van der Waals surface area contributed by atoms with Gasteiger partial charge in [0.2, 0.25) is 5.91 Å². The van der Waals surface area contributed by atoms with Crippen LogP contribution >= 0.6 is 0 Å². The molecule has 1 fully saturated rings. The van der Waals surface area contributed by atoms with Crippen LogP contribution in [0.15, 0.2) is 24.3 Å². The molecule has 1 heterocycles. The Kier molecular flexibility index (Phi) is 5.28. The third kappa shape index (κ3) is 3.66. The van der Waals surface area contributed by atoms with Gasteiger partial charge in [-0.1, -0.05) is 37.8 Å². The van der Waals surface area contributed by atoms with Gasteiger partial charge in [0.25, 0.3) is 11.8 Å². The van der Waals surface area contributed by atoms with Crippen molar-refractivity contribution in [1.29, 1.82) is 0 Å². The van der Waals surface area contributed by atoms with E-state index in [0.29, 0.717) is 17.7 Å². The maximum absolute atomic E-state index is 12.2. The van der Waals surface area contributed by atoms with E-state index < -0.39 is 0 Å². The van der Waals surface area contributed by atoms with E-state index in [1.807, 2.05) is 0 Å². The second-order valence-electron chi connectivity index (χ2n) is 6.70. The first kappa shape index (κ1) is 16.7. The molecule has 0 atom stereocenters. The molecule has 1 aromatic rings. The number of hydrogen-bond donors (Lipinski definition) is 1. The first-order valence-electron chi connectivity index (χ1n) is 8.89. The highest BCUT2D eigenvalue weighted by Crippen LogP contribution is 2.28. The van der Waals surface area contributed by atoms with Gasteiger partial charge in [-0.2, -0.15) is 0 Å². The molecular weight excluding hydrogens is 304 g/mol. The number of imide groups is 1. The predicted octanol–water partition coefficient (Wildman–Crippen LogP) is 2.76. The molecule has 3 rings (SSSR count). The topological polar surface area (TPSA) is 66.5 Å². The minimum atomic E-state index is -0.301. The molecule has 3 amide bonds. The van der Waals surface area contributed by atoms with Crippen molar-refractivity contribution in [1.82, 2.24) is 10.2 Å². The number of carbonyl (C=O) groups is 3. The summed E-state index contributed by atoms with van der Waals surface area (Å²) in [6.45, 7) is 0.818. The van der Waals surface area contributed by atoms with Gasteiger partial charge >= 0.3 is 0 Å². The molecule has 1 N–H and O–H groups in total. The highest BCUT2D eigenvalue weighted by atomic mass is 16.2. The van der Waals surface area contributed by atoms with Gasteiger partial charge in [0.05, 0.1) is 11.1 Å². The highest BCUT2D eigenvalue weighted by molar-refractivity contribution is 6.21. The van der Waals surface area contributed by atoms with E-state index in [-0.39, 0.29) is 30.7 Å². The minimum Gasteiger partial charge on any atom is -0.356 e. The number of benzene rings is 1. The second kappa shape index (κ2) is 7.60. The van der Waals surface area contributed by atoms with Gasteiger partial charge in [-0.05, 0) is 30.9 Å². The summed E-state index contributed by atoms with van der Waals surface area (Å²) in [5.74, 6) is 0.132. The van der Waals surface area contributed by atoms with Crippen molar-refractivity contribution in [3.8, 4) is 0 Å². The maximum Gasteiger partial charge on any atom is 0.261 e. The number of amides is 3. The third-order valence-electron chi connectivity index (χ3n) is 5.03. The fourth-order valence-electron chi connectivity index (χ4n) is 3.66. The van der Waals surface area contributed by atoms with Crippen LogP contribution in [0.4, 0.5) is 0 Å². The van der Waals surface area contributed by atoms with Crippen molar-refractivity contribution in [3.05, 3.63) is 35.4 Å². The van der Waals surface area contributed by atoms with E-state index in [1.165, 1.54) is 37.0 Å². The first-order valence-corrected chi connectivity index (χ1v) is 8.89. The second-order valence-corrected chi connectivity index (χ2v) is 6.70. The average molecular weight is 328 g/mol. The molecular formula is C19H24N2O3. The van der Waals surface area contributed by atoms with Crippen molar-refractivity contribution < 1.29 is 14.4 Å². The molecule has 5 heteroatoms. The Morgan fingerprint density at radius 2 is 1.71 bits per heavy atom. The number of nitrogens with one attached hydrogen (secondary N) is 1. The van der Waals surface area contributed by atoms with Crippen molar-refractivity contribution in [2.24, 2.45) is 5.92 Å². The van der Waals surface area contributed by atoms with E-state index >= 15 is 0 Å². The Labute approximate surface area is 142 Å². The average Bonchev–Trinajstić information content (AvgIpc) is 3.19. The van der Waals surface area contributed by atoms with Gasteiger partial charge in [0, 0.05) is 19.5 Å². The predicted molar refractivity (Wildman–Crippen MR) is 90.6 cm³/mol. The SMILES string of the molecule is O=C(CCN1C(=O)c2ccccc2C1=O)NCCCC1CCCC1. The summed E-state index contributed by atoms with van der Waals surface area (Å²) in [5.41, 5.74) is 0.860. The molecule has 5 nitrogen and oxygen atoms in total. The lowest BCUT2D eigenvalue weighted by molar-refractivity contribution is -0.121. The number of rotatable bonds is 7. The van der Waals surface area contributed by atoms with Gasteiger partial charge < -0.3 is 5.32 Å². The van der Waals surface area contributed by atoms with Crippen LogP contribution in [0.2, 0.25) is 0 Å². The number of nitrogens with zero attached hydrogens (tertiary/aromatic N) is 1. The Balaban J connectivity index is 1.39. The Morgan fingerprint density at radius 3 is 2.33 bits per heavy atom. The fourth-order valence-corrected chi connectivity index (χ4v) is 3.66. The van der Waals surface area contributed by atoms with Crippen LogP contribution < -0.4 is 5.32 Å². The summed E-state index contributed by atoms with van der Waals surface area (Å²) in [4.78, 5) is 37.5. The van der Waals surface area contributed by atoms with Crippen LogP contribution in [0, 0.1) is 5.92 Å². The zero-order valence-electron chi connectivity index (χ0n) is 13.9. The Bertz CT molecular complexity index is 600. The van der Waals surface area contributed by atoms with Crippen LogP contribution in [-0.2, 0) is 4.79 Å². The molecule has 0 spiro atoms. The lowest BCUT2D eigenvalue weighted by Crippen LogP contribution is -2.34. The molecule has 1 saturated carbocycles. The monoisotopic (exact) mass is 328 g/mol. The van der Waals surface area contributed by atoms with Gasteiger partial charge in [0.15, 0.2) is 0 Å². The smallest absolute Gasteiger partial charge is 0.261 e. The summed E-state index contributed by atoms with van der Waals surface area (Å²) >= 11 is 0. The molecule has 2 aliphatic rings. The largest absolute Gasteiger partial charge is 0.356 e. The minimum absolute atomic E-state index is 0.0991. The molecule has 1 aliphatic carbocycles. The highest BCUT2D eigenvalue weighted by Gasteiger charge is 2.34. The molecule has 0 radical (unpaired) electrons. The van der Waals surface area contributed by atoms with Gasteiger partial charge in [-0.25, -0.2) is 0 Å². The van der Waals surface area contributed by atoms with Crippen LogP contribution in [0.5, 0.6) is 0 Å². The maximum atomic E-state index is 12.2. The van der Waals surface area contributed by atoms with Crippen molar-refractivity contribution in [2.75, 3.05) is 13.1 Å². The lowest BCUT2D eigenvalue weighted by Gasteiger charge is -2.14. The van der Waals surface area contributed by atoms with Gasteiger partial charge in [0.1, 0.15) is 0 Å². The van der Waals surface area contributed by atoms with E-state index in [9.17, 15) is 14.4 Å². The summed E-state index contributed by atoms with van der Waals surface area (Å²) in [5, 5.41) is 2.89. The number of hydrogen-bond acceptors (Lipinski definition) is 3. The molecule has 0 unspecified atom stereocenters. The molecule has 0 saturated heterocycles. The summed E-state index contributed by atoms with van der Waals surface area (Å²) in [7, 11) is 0. The number of carbonyl (C=O) groups excluding carboxylic acids is 3. The Hall–Kier alpha value is -2.17. The quantitative estimate of drug-likeness (QED) is 0.618. The van der Waals surface area contributed by atoms with E-state index in [0.717, 1.165) is 12.3 Å². The lowest BCUT2D eigenvalue weighted by atomic mass is 10.0. The molecule has 24 heavy (non-hydrogen) atoms. The van der Waals surface area contributed by atoms with Crippen LogP contribution in [-0.4, -0.2) is 35.7 Å².